The molecule has 0 bridgehead atoms. The van der Waals surface area contributed by atoms with Gasteiger partial charge in [0.2, 0.25) is 0 Å². The van der Waals surface area contributed by atoms with Crippen LogP contribution in [0.4, 0.5) is 4.79 Å². The highest BCUT2D eigenvalue weighted by atomic mass is 16.6. The molecule has 7 nitrogen and oxygen atoms in total. The van der Waals surface area contributed by atoms with Gasteiger partial charge in [-0.1, -0.05) is 0 Å². The van der Waals surface area contributed by atoms with E-state index in [0.29, 0.717) is 25.3 Å². The van der Waals surface area contributed by atoms with Gasteiger partial charge in [-0.05, 0) is 58.7 Å². The first-order valence-electron chi connectivity index (χ1n) is 9.40. The van der Waals surface area contributed by atoms with Crippen molar-refractivity contribution in [1.29, 1.82) is 0 Å². The average Bonchev–Trinajstić information content (AvgIpc) is 3.03. The molecule has 1 aliphatic rings. The van der Waals surface area contributed by atoms with E-state index < -0.39 is 5.60 Å². The summed E-state index contributed by atoms with van der Waals surface area (Å²) in [4.78, 5) is 30.5. The number of aromatic nitrogens is 2. The normalized spacial score (nSPS) is 15.8. The molecule has 2 heterocycles. The zero-order valence-corrected chi connectivity index (χ0v) is 16.4. The second-order valence-corrected chi connectivity index (χ2v) is 7.77. The number of piperidine rings is 1. The Morgan fingerprint density at radius 1 is 1.22 bits per heavy atom. The van der Waals surface area contributed by atoms with Gasteiger partial charge in [0.15, 0.2) is 0 Å². The number of nitrogens with zero attached hydrogens (tertiary/aromatic N) is 3. The lowest BCUT2D eigenvalue weighted by Crippen LogP contribution is -2.42. The molecule has 7 heteroatoms. The van der Waals surface area contributed by atoms with Crippen LogP contribution in [0.2, 0.25) is 0 Å². The van der Waals surface area contributed by atoms with Gasteiger partial charge in [0.05, 0.1) is 29.5 Å². The maximum Gasteiger partial charge on any atom is 0.410 e. The number of imidazole rings is 1. The van der Waals surface area contributed by atoms with E-state index in [4.69, 9.17) is 9.47 Å². The molecule has 1 amide bonds. The maximum atomic E-state index is 12.2. The number of ether oxygens (including phenoxy) is 2. The van der Waals surface area contributed by atoms with Gasteiger partial charge < -0.3 is 18.9 Å². The third-order valence-electron chi connectivity index (χ3n) is 4.60. The van der Waals surface area contributed by atoms with Gasteiger partial charge in [0.1, 0.15) is 5.60 Å². The van der Waals surface area contributed by atoms with Crippen molar-refractivity contribution in [3.05, 3.63) is 30.1 Å². The molecule has 0 atom stereocenters. The zero-order valence-electron chi connectivity index (χ0n) is 16.4. The van der Waals surface area contributed by atoms with E-state index in [1.54, 1.807) is 17.9 Å². The molecule has 0 N–H and O–H groups in total. The van der Waals surface area contributed by atoms with E-state index in [9.17, 15) is 9.59 Å². The third-order valence-corrected chi connectivity index (χ3v) is 4.60. The van der Waals surface area contributed by atoms with Gasteiger partial charge in [-0.15, -0.1) is 0 Å². The van der Waals surface area contributed by atoms with Crippen LogP contribution in [0.25, 0.3) is 11.0 Å². The van der Waals surface area contributed by atoms with Crippen LogP contribution in [0.15, 0.2) is 24.5 Å². The van der Waals surface area contributed by atoms with Crippen molar-refractivity contribution in [2.45, 2.75) is 52.2 Å². The molecule has 0 aliphatic carbocycles. The highest BCUT2D eigenvalue weighted by Crippen LogP contribution is 2.28. The molecule has 1 aromatic carbocycles. The van der Waals surface area contributed by atoms with Crippen LogP contribution >= 0.6 is 0 Å². The fourth-order valence-electron chi connectivity index (χ4n) is 3.31. The Kier molecular flexibility index (Phi) is 5.39. The number of likely N-dealkylation sites (tertiary alicyclic amines) is 1. The highest BCUT2D eigenvalue weighted by Gasteiger charge is 2.28. The zero-order chi connectivity index (χ0) is 19.6. The molecule has 3 rings (SSSR count). The molecule has 0 saturated carbocycles. The van der Waals surface area contributed by atoms with Gasteiger partial charge in [-0.2, -0.15) is 0 Å². The topological polar surface area (TPSA) is 73.7 Å². The molecule has 0 radical (unpaired) electrons. The minimum Gasteiger partial charge on any atom is -0.462 e. The molecule has 146 valence electrons. The smallest absolute Gasteiger partial charge is 0.410 e. The summed E-state index contributed by atoms with van der Waals surface area (Å²) in [6.45, 7) is 9.02. The lowest BCUT2D eigenvalue weighted by molar-refractivity contribution is 0.0189. The number of hydrogen-bond donors (Lipinski definition) is 0. The Morgan fingerprint density at radius 2 is 1.93 bits per heavy atom. The number of hydrogen-bond acceptors (Lipinski definition) is 5. The Hall–Kier alpha value is -2.57. The van der Waals surface area contributed by atoms with Crippen molar-refractivity contribution in [3.8, 4) is 0 Å². The molecule has 0 spiro atoms. The summed E-state index contributed by atoms with van der Waals surface area (Å²) in [7, 11) is 0. The maximum absolute atomic E-state index is 12.2. The van der Waals surface area contributed by atoms with E-state index in [2.05, 4.69) is 9.55 Å². The van der Waals surface area contributed by atoms with E-state index >= 15 is 0 Å². The van der Waals surface area contributed by atoms with Crippen molar-refractivity contribution in [2.75, 3.05) is 19.7 Å². The van der Waals surface area contributed by atoms with Crippen LogP contribution in [0.1, 0.15) is 56.9 Å². The molecular formula is C20H27N3O4. The van der Waals surface area contributed by atoms with Gasteiger partial charge >= 0.3 is 12.1 Å². The molecular weight excluding hydrogens is 346 g/mol. The first-order chi connectivity index (χ1) is 12.8. The minimum absolute atomic E-state index is 0.228. The van der Waals surface area contributed by atoms with Crippen LogP contribution < -0.4 is 0 Å². The Labute approximate surface area is 159 Å². The van der Waals surface area contributed by atoms with Crippen LogP contribution in [0.5, 0.6) is 0 Å². The molecule has 1 saturated heterocycles. The number of esters is 1. The predicted molar refractivity (Wildman–Crippen MR) is 102 cm³/mol. The summed E-state index contributed by atoms with van der Waals surface area (Å²) in [6, 6.07) is 5.64. The lowest BCUT2D eigenvalue weighted by Gasteiger charge is -2.34. The third kappa shape index (κ3) is 4.40. The Bertz CT molecular complexity index is 829. The van der Waals surface area contributed by atoms with Crippen molar-refractivity contribution >= 4 is 23.1 Å². The summed E-state index contributed by atoms with van der Waals surface area (Å²) in [6.07, 6.45) is 3.18. The number of carbonyl (C=O) groups excluding carboxylic acids is 2. The standard InChI is InChI=1S/C20H27N3O4/c1-5-26-18(24)14-6-7-16-17(12-14)23(13-21-16)15-8-10-22(11-9-15)19(25)27-20(2,3)4/h6-7,12-13,15H,5,8-11H2,1-4H3. The first-order valence-corrected chi connectivity index (χ1v) is 9.40. The number of amides is 1. The van der Waals surface area contributed by atoms with Gasteiger partial charge in [0.25, 0.3) is 0 Å². The van der Waals surface area contributed by atoms with Crippen LogP contribution in [-0.2, 0) is 9.47 Å². The Balaban J connectivity index is 1.72. The molecule has 1 fully saturated rings. The van der Waals surface area contributed by atoms with Gasteiger partial charge in [0, 0.05) is 19.1 Å². The summed E-state index contributed by atoms with van der Waals surface area (Å²) in [5, 5.41) is 0. The second-order valence-electron chi connectivity index (χ2n) is 7.77. The van der Waals surface area contributed by atoms with Crippen molar-refractivity contribution < 1.29 is 19.1 Å². The van der Waals surface area contributed by atoms with Crippen molar-refractivity contribution in [2.24, 2.45) is 0 Å². The van der Waals surface area contributed by atoms with E-state index in [-0.39, 0.29) is 18.1 Å². The summed E-state index contributed by atoms with van der Waals surface area (Å²) >= 11 is 0. The first kappa shape index (κ1) is 19.2. The molecule has 0 unspecified atom stereocenters. The lowest BCUT2D eigenvalue weighted by atomic mass is 10.0. The van der Waals surface area contributed by atoms with Gasteiger partial charge in [-0.25, -0.2) is 14.6 Å². The van der Waals surface area contributed by atoms with Crippen molar-refractivity contribution in [1.82, 2.24) is 14.5 Å². The number of rotatable bonds is 3. The molecule has 1 aromatic heterocycles. The largest absolute Gasteiger partial charge is 0.462 e. The average molecular weight is 373 g/mol. The Morgan fingerprint density at radius 3 is 2.56 bits per heavy atom. The van der Waals surface area contributed by atoms with Crippen LogP contribution in [-0.4, -0.2) is 51.8 Å². The second kappa shape index (κ2) is 7.58. The van der Waals surface area contributed by atoms with Gasteiger partial charge in [-0.3, -0.25) is 0 Å². The number of fused-ring (bicyclic) bond motifs is 1. The van der Waals surface area contributed by atoms with Crippen LogP contribution in [0, 0.1) is 0 Å². The van der Waals surface area contributed by atoms with E-state index in [0.717, 1.165) is 23.9 Å². The summed E-state index contributed by atoms with van der Waals surface area (Å²) in [5.74, 6) is -0.327. The van der Waals surface area contributed by atoms with E-state index in [1.807, 2.05) is 39.2 Å². The fraction of sp³-hybridized carbons (Fsp3) is 0.550. The molecule has 27 heavy (non-hydrogen) atoms. The summed E-state index contributed by atoms with van der Waals surface area (Å²) < 4.78 is 12.6. The quantitative estimate of drug-likeness (QED) is 0.766. The van der Waals surface area contributed by atoms with E-state index in [1.165, 1.54) is 0 Å². The molecule has 2 aromatic rings. The minimum atomic E-state index is -0.488. The molecule has 1 aliphatic heterocycles. The van der Waals surface area contributed by atoms with Crippen molar-refractivity contribution in [3.63, 3.8) is 0 Å². The highest BCUT2D eigenvalue weighted by molar-refractivity contribution is 5.93. The predicted octanol–water partition coefficient (Wildman–Crippen LogP) is 3.79. The monoisotopic (exact) mass is 373 g/mol. The SMILES string of the molecule is CCOC(=O)c1ccc2ncn(C3CCN(C(=O)OC(C)(C)C)CC3)c2c1. The van der Waals surface area contributed by atoms with Crippen LogP contribution in [0.3, 0.4) is 0 Å². The number of benzene rings is 1. The summed E-state index contributed by atoms with van der Waals surface area (Å²) in [5.41, 5.74) is 1.80. The number of carbonyl (C=O) groups is 2. The fourth-order valence-corrected chi connectivity index (χ4v) is 3.31.